The summed E-state index contributed by atoms with van der Waals surface area (Å²) < 4.78 is 16.8. The molecule has 0 heterocycles. The van der Waals surface area contributed by atoms with E-state index in [4.69, 9.17) is 14.2 Å². The Balaban J connectivity index is 1.04. The molecule has 0 unspecified atom stereocenters. The van der Waals surface area contributed by atoms with Crippen LogP contribution in [0.1, 0.15) is 67.3 Å². The van der Waals surface area contributed by atoms with Crippen LogP contribution in [0, 0.1) is 0 Å². The monoisotopic (exact) mass is 568 g/mol. The second-order valence-corrected chi connectivity index (χ2v) is 10.1. The molecular weight excluding hydrogens is 528 g/mol. The van der Waals surface area contributed by atoms with Gasteiger partial charge in [-0.15, -0.1) is 0 Å². The molecule has 220 valence electrons. The topological polar surface area (TPSA) is 89.4 Å². The highest BCUT2D eigenvalue weighted by atomic mass is 16.5. The summed E-state index contributed by atoms with van der Waals surface area (Å²) in [5, 5.41) is 16.1. The molecule has 0 aromatic heterocycles. The number of amides is 1. The van der Waals surface area contributed by atoms with Crippen LogP contribution in [0.2, 0.25) is 0 Å². The highest BCUT2D eigenvalue weighted by Crippen LogP contribution is 2.25. The van der Waals surface area contributed by atoms with Gasteiger partial charge in [-0.05, 0) is 78.2 Å². The summed E-state index contributed by atoms with van der Waals surface area (Å²) >= 11 is 0. The Hall–Kier alpha value is -4.52. The number of phenols is 1. The van der Waals surface area contributed by atoms with E-state index >= 15 is 0 Å². The molecule has 0 spiro atoms. The normalized spacial score (nSPS) is 11.1. The molecule has 0 aliphatic heterocycles. The predicted molar refractivity (Wildman–Crippen MR) is 168 cm³/mol. The lowest BCUT2D eigenvalue weighted by molar-refractivity contribution is 0.0955. The van der Waals surface area contributed by atoms with Crippen LogP contribution >= 0.6 is 0 Å². The Labute approximate surface area is 248 Å². The second-order valence-electron chi connectivity index (χ2n) is 10.1. The first kappa shape index (κ1) is 30.4. The van der Waals surface area contributed by atoms with Crippen molar-refractivity contribution in [1.29, 1.82) is 0 Å². The van der Waals surface area contributed by atoms with Crippen LogP contribution in [0.4, 0.5) is 0 Å². The highest BCUT2D eigenvalue weighted by Gasteiger charge is 2.07. The molecule has 0 atom stereocenters. The summed E-state index contributed by atoms with van der Waals surface area (Å²) in [6.07, 6.45) is 10.8. The summed E-state index contributed by atoms with van der Waals surface area (Å²) in [6.45, 7) is 1.41. The first-order valence-corrected chi connectivity index (χ1v) is 14.7. The van der Waals surface area contributed by atoms with Gasteiger partial charge in [0.15, 0.2) is 0 Å². The summed E-state index contributed by atoms with van der Waals surface area (Å²) in [7, 11) is 1.66. The number of nitrogens with zero attached hydrogens (tertiary/aromatic N) is 1. The van der Waals surface area contributed by atoms with Crippen molar-refractivity contribution in [1.82, 2.24) is 5.43 Å². The number of benzene rings is 4. The molecule has 4 rings (SSSR count). The van der Waals surface area contributed by atoms with Gasteiger partial charge in [0, 0.05) is 11.1 Å². The molecule has 0 bridgehead atoms. The maximum Gasteiger partial charge on any atom is 0.271 e. The van der Waals surface area contributed by atoms with E-state index in [1.54, 1.807) is 37.4 Å². The molecule has 1 amide bonds. The summed E-state index contributed by atoms with van der Waals surface area (Å²) in [4.78, 5) is 12.5. The number of hydrazone groups is 1. The molecule has 42 heavy (non-hydrogen) atoms. The zero-order valence-electron chi connectivity index (χ0n) is 24.3. The van der Waals surface area contributed by atoms with E-state index in [-0.39, 0.29) is 11.7 Å². The predicted octanol–water partition coefficient (Wildman–Crippen LogP) is 7.90. The summed E-state index contributed by atoms with van der Waals surface area (Å²) in [5.41, 5.74) is 3.57. The highest BCUT2D eigenvalue weighted by molar-refractivity contribution is 6.03. The SMILES string of the molecule is COc1ccc(OCCCCCCCCCCOc2ccc(C(=O)NN=Cc3c(O)ccc4ccccc34)cc2)cc1. The Kier molecular flexibility index (Phi) is 12.1. The molecule has 0 fully saturated rings. The molecule has 2 N–H and O–H groups in total. The standard InChI is InChI=1S/C35H40N2O5/c1-40-29-19-21-31(22-20-29)42-25-11-7-5-3-2-4-6-10-24-41-30-17-14-28(15-18-30)35(39)37-36-26-33-32-13-9-8-12-27(32)16-23-34(33)38/h8-9,12-23,26,38H,2-7,10-11,24-25H2,1H3,(H,37,39). The Bertz CT molecular complexity index is 1420. The number of methoxy groups -OCH3 is 1. The molecular formula is C35H40N2O5. The van der Waals surface area contributed by atoms with Gasteiger partial charge in [-0.1, -0.05) is 68.9 Å². The van der Waals surface area contributed by atoms with Gasteiger partial charge in [-0.3, -0.25) is 4.79 Å². The van der Waals surface area contributed by atoms with Crippen molar-refractivity contribution in [3.63, 3.8) is 0 Å². The lowest BCUT2D eigenvalue weighted by Gasteiger charge is -2.08. The lowest BCUT2D eigenvalue weighted by Crippen LogP contribution is -2.17. The number of rotatable bonds is 17. The number of fused-ring (bicyclic) bond motifs is 1. The van der Waals surface area contributed by atoms with Crippen LogP contribution in [0.5, 0.6) is 23.0 Å². The minimum atomic E-state index is -0.331. The van der Waals surface area contributed by atoms with Crippen LogP contribution < -0.4 is 19.6 Å². The Morgan fingerprint density at radius 3 is 1.88 bits per heavy atom. The zero-order chi connectivity index (χ0) is 29.4. The van der Waals surface area contributed by atoms with Crippen LogP contribution in [0.3, 0.4) is 0 Å². The molecule has 4 aromatic carbocycles. The van der Waals surface area contributed by atoms with E-state index in [2.05, 4.69) is 10.5 Å². The number of aromatic hydroxyl groups is 1. The van der Waals surface area contributed by atoms with Crippen molar-refractivity contribution >= 4 is 22.9 Å². The second kappa shape index (κ2) is 16.7. The van der Waals surface area contributed by atoms with Gasteiger partial charge in [-0.25, -0.2) is 5.43 Å². The van der Waals surface area contributed by atoms with Crippen molar-refractivity contribution in [2.45, 2.75) is 51.4 Å². The number of unbranched alkanes of at least 4 members (excludes halogenated alkanes) is 7. The number of ether oxygens (including phenoxy) is 3. The minimum Gasteiger partial charge on any atom is -0.507 e. The first-order chi connectivity index (χ1) is 20.6. The molecule has 0 saturated carbocycles. The van der Waals surface area contributed by atoms with Gasteiger partial charge in [0.2, 0.25) is 0 Å². The number of phenolic OH excluding ortho intramolecular Hbond substituents is 1. The van der Waals surface area contributed by atoms with Gasteiger partial charge < -0.3 is 19.3 Å². The molecule has 0 radical (unpaired) electrons. The smallest absolute Gasteiger partial charge is 0.271 e. The number of nitrogens with one attached hydrogen (secondary N) is 1. The largest absolute Gasteiger partial charge is 0.507 e. The molecule has 0 aliphatic rings. The van der Waals surface area contributed by atoms with Gasteiger partial charge in [0.05, 0.1) is 26.5 Å². The fourth-order valence-corrected chi connectivity index (χ4v) is 4.66. The van der Waals surface area contributed by atoms with Crippen molar-refractivity contribution in [3.05, 3.63) is 96.1 Å². The molecule has 0 aliphatic carbocycles. The van der Waals surface area contributed by atoms with Crippen LogP contribution in [0.15, 0.2) is 90.0 Å². The van der Waals surface area contributed by atoms with Gasteiger partial charge in [0.25, 0.3) is 5.91 Å². The third-order valence-corrected chi connectivity index (χ3v) is 7.06. The third-order valence-electron chi connectivity index (χ3n) is 7.06. The van der Waals surface area contributed by atoms with E-state index in [0.717, 1.165) is 53.9 Å². The van der Waals surface area contributed by atoms with Crippen molar-refractivity contribution in [2.24, 2.45) is 5.10 Å². The van der Waals surface area contributed by atoms with Crippen molar-refractivity contribution in [3.8, 4) is 23.0 Å². The lowest BCUT2D eigenvalue weighted by atomic mass is 10.0. The van der Waals surface area contributed by atoms with Crippen LogP contribution in [-0.2, 0) is 0 Å². The van der Waals surface area contributed by atoms with Gasteiger partial charge in [-0.2, -0.15) is 5.10 Å². The average molecular weight is 569 g/mol. The summed E-state index contributed by atoms with van der Waals surface area (Å²) in [6, 6.07) is 25.9. The molecule has 7 heteroatoms. The fraction of sp³-hybridized carbons (Fsp3) is 0.314. The quantitative estimate of drug-likeness (QED) is 0.0768. The van der Waals surface area contributed by atoms with Crippen LogP contribution in [-0.4, -0.2) is 37.6 Å². The Morgan fingerprint density at radius 1 is 0.714 bits per heavy atom. The Morgan fingerprint density at radius 2 is 1.26 bits per heavy atom. The summed E-state index contributed by atoms with van der Waals surface area (Å²) in [5.74, 6) is 2.25. The zero-order valence-corrected chi connectivity index (χ0v) is 24.3. The minimum absolute atomic E-state index is 0.108. The number of carbonyl (C=O) groups excluding carboxylic acids is 1. The van der Waals surface area contributed by atoms with E-state index in [1.807, 2.05) is 54.6 Å². The van der Waals surface area contributed by atoms with Gasteiger partial charge >= 0.3 is 0 Å². The maximum absolute atomic E-state index is 12.5. The van der Waals surface area contributed by atoms with Crippen LogP contribution in [0.25, 0.3) is 10.8 Å². The number of carbonyl (C=O) groups is 1. The van der Waals surface area contributed by atoms with Gasteiger partial charge in [0.1, 0.15) is 23.0 Å². The van der Waals surface area contributed by atoms with E-state index < -0.39 is 0 Å². The first-order valence-electron chi connectivity index (χ1n) is 14.7. The van der Waals surface area contributed by atoms with E-state index in [9.17, 15) is 9.90 Å². The van der Waals surface area contributed by atoms with Crippen molar-refractivity contribution in [2.75, 3.05) is 20.3 Å². The van der Waals surface area contributed by atoms with E-state index in [1.165, 1.54) is 38.3 Å². The number of hydrogen-bond acceptors (Lipinski definition) is 6. The molecule has 4 aromatic rings. The average Bonchev–Trinajstić information content (AvgIpc) is 3.03. The van der Waals surface area contributed by atoms with E-state index in [0.29, 0.717) is 17.7 Å². The fourth-order valence-electron chi connectivity index (χ4n) is 4.66. The third kappa shape index (κ3) is 9.54. The number of hydrogen-bond donors (Lipinski definition) is 2. The molecule has 7 nitrogen and oxygen atoms in total. The molecule has 0 saturated heterocycles. The van der Waals surface area contributed by atoms with Crippen molar-refractivity contribution < 1.29 is 24.1 Å². The maximum atomic E-state index is 12.5.